The quantitative estimate of drug-likeness (QED) is 0.776. The maximum atomic E-state index is 5.53. The number of nitrogens with zero attached hydrogens (tertiary/aromatic N) is 3. The zero-order chi connectivity index (χ0) is 10.5. The Bertz CT molecular complexity index is 412. The first kappa shape index (κ1) is 9.39. The fraction of sp³-hybridized carbons (Fsp3) is 0.100. The first-order valence-corrected chi connectivity index (χ1v) is 4.55. The van der Waals surface area contributed by atoms with Crippen LogP contribution in [-0.2, 0) is 6.54 Å². The second-order valence-corrected chi connectivity index (χ2v) is 3.03. The topological polar surface area (TPSA) is 76.7 Å². The fourth-order valence-corrected chi connectivity index (χ4v) is 1.11. The maximum Gasteiger partial charge on any atom is 0.144 e. The van der Waals surface area contributed by atoms with E-state index >= 15 is 0 Å². The van der Waals surface area contributed by atoms with E-state index in [0.29, 0.717) is 12.2 Å². The molecule has 0 amide bonds. The predicted molar refractivity (Wildman–Crippen MR) is 58.0 cm³/mol. The van der Waals surface area contributed by atoms with E-state index in [-0.39, 0.29) is 0 Å². The Hall–Kier alpha value is -2.17. The van der Waals surface area contributed by atoms with Crippen LogP contribution in [0.4, 0.5) is 11.5 Å². The summed E-state index contributed by atoms with van der Waals surface area (Å²) in [6, 6.07) is 3.69. The molecule has 15 heavy (non-hydrogen) atoms. The Labute approximate surface area is 87.4 Å². The largest absolute Gasteiger partial charge is 0.397 e. The molecule has 76 valence electrons. The van der Waals surface area contributed by atoms with Crippen LogP contribution in [0.15, 0.2) is 36.9 Å². The highest BCUT2D eigenvalue weighted by atomic mass is 15.0. The van der Waals surface area contributed by atoms with Crippen molar-refractivity contribution in [3.05, 3.63) is 42.6 Å². The smallest absolute Gasteiger partial charge is 0.144 e. The predicted octanol–water partition coefficient (Wildman–Crippen LogP) is 1.07. The molecule has 0 fully saturated rings. The molecule has 0 unspecified atom stereocenters. The molecule has 5 nitrogen and oxygen atoms in total. The van der Waals surface area contributed by atoms with E-state index in [9.17, 15) is 0 Å². The molecule has 0 saturated carbocycles. The number of nitrogen functional groups attached to an aromatic ring is 1. The SMILES string of the molecule is Nc1ccc(CNc2cnccn2)nc1. The van der Waals surface area contributed by atoms with Crippen LogP contribution in [0.2, 0.25) is 0 Å². The number of nitrogens with one attached hydrogen (secondary N) is 1. The van der Waals surface area contributed by atoms with Gasteiger partial charge in [0.2, 0.25) is 0 Å². The Balaban J connectivity index is 1.96. The second-order valence-electron chi connectivity index (χ2n) is 3.03. The molecule has 0 saturated heterocycles. The summed E-state index contributed by atoms with van der Waals surface area (Å²) in [4.78, 5) is 12.2. The summed E-state index contributed by atoms with van der Waals surface area (Å²) in [5.41, 5.74) is 7.11. The standard InChI is InChI=1S/C10H11N5/c11-8-1-2-9(14-5-8)6-15-10-7-12-3-4-13-10/h1-5,7H,6,11H2,(H,13,15). The molecule has 5 heteroatoms. The number of pyridine rings is 1. The minimum absolute atomic E-state index is 0.610. The molecule has 0 aromatic carbocycles. The van der Waals surface area contributed by atoms with Crippen LogP contribution in [0, 0.1) is 0 Å². The molecule has 0 bridgehead atoms. The van der Waals surface area contributed by atoms with E-state index in [0.717, 1.165) is 11.5 Å². The summed E-state index contributed by atoms with van der Waals surface area (Å²) < 4.78 is 0. The zero-order valence-corrected chi connectivity index (χ0v) is 8.09. The lowest BCUT2D eigenvalue weighted by atomic mass is 10.3. The molecule has 2 heterocycles. The van der Waals surface area contributed by atoms with E-state index in [1.54, 1.807) is 24.8 Å². The maximum absolute atomic E-state index is 5.53. The highest BCUT2D eigenvalue weighted by Crippen LogP contribution is 2.04. The van der Waals surface area contributed by atoms with Crippen LogP contribution < -0.4 is 11.1 Å². The Morgan fingerprint density at radius 2 is 2.07 bits per heavy atom. The summed E-state index contributed by atoms with van der Waals surface area (Å²) in [5.74, 6) is 0.733. The lowest BCUT2D eigenvalue weighted by molar-refractivity contribution is 1.02. The third kappa shape index (κ3) is 2.63. The molecule has 0 aliphatic heterocycles. The molecule has 2 rings (SSSR count). The van der Waals surface area contributed by atoms with Crippen LogP contribution in [0.5, 0.6) is 0 Å². The van der Waals surface area contributed by atoms with Crippen molar-refractivity contribution in [1.29, 1.82) is 0 Å². The summed E-state index contributed by atoms with van der Waals surface area (Å²) in [6.07, 6.45) is 6.57. The molecule has 0 radical (unpaired) electrons. The second kappa shape index (κ2) is 4.36. The highest BCUT2D eigenvalue weighted by molar-refractivity contribution is 5.36. The van der Waals surface area contributed by atoms with Gasteiger partial charge in [0.15, 0.2) is 0 Å². The van der Waals surface area contributed by atoms with Gasteiger partial charge < -0.3 is 11.1 Å². The number of nitrogens with two attached hydrogens (primary N) is 1. The summed E-state index contributed by atoms with van der Waals surface area (Å²) in [5, 5.41) is 3.10. The van der Waals surface area contributed by atoms with Crippen LogP contribution in [0.1, 0.15) is 5.69 Å². The van der Waals surface area contributed by atoms with Crippen molar-refractivity contribution < 1.29 is 0 Å². The third-order valence-electron chi connectivity index (χ3n) is 1.86. The molecule has 0 atom stereocenters. The van der Waals surface area contributed by atoms with Gasteiger partial charge in [0.1, 0.15) is 5.82 Å². The summed E-state index contributed by atoms with van der Waals surface area (Å²) in [7, 11) is 0. The van der Waals surface area contributed by atoms with Crippen LogP contribution >= 0.6 is 0 Å². The molecule has 0 aliphatic rings. The van der Waals surface area contributed by atoms with E-state index in [1.807, 2.05) is 12.1 Å². The minimum atomic E-state index is 0.610. The van der Waals surface area contributed by atoms with Gasteiger partial charge in [-0.2, -0.15) is 0 Å². The van der Waals surface area contributed by atoms with Crippen molar-refractivity contribution in [3.63, 3.8) is 0 Å². The van der Waals surface area contributed by atoms with Crippen molar-refractivity contribution in [3.8, 4) is 0 Å². The van der Waals surface area contributed by atoms with Gasteiger partial charge in [-0.3, -0.25) is 9.97 Å². The molecule has 2 aromatic heterocycles. The van der Waals surface area contributed by atoms with Crippen molar-refractivity contribution in [2.45, 2.75) is 6.54 Å². The van der Waals surface area contributed by atoms with Crippen molar-refractivity contribution in [2.75, 3.05) is 11.1 Å². The lowest BCUT2D eigenvalue weighted by Gasteiger charge is -2.03. The number of hydrogen-bond acceptors (Lipinski definition) is 5. The first-order valence-electron chi connectivity index (χ1n) is 4.55. The Morgan fingerprint density at radius 3 is 2.73 bits per heavy atom. The average molecular weight is 201 g/mol. The van der Waals surface area contributed by atoms with Crippen LogP contribution in [-0.4, -0.2) is 15.0 Å². The van der Waals surface area contributed by atoms with Gasteiger partial charge in [0, 0.05) is 12.4 Å². The lowest BCUT2D eigenvalue weighted by Crippen LogP contribution is -2.03. The van der Waals surface area contributed by atoms with Gasteiger partial charge in [0.05, 0.1) is 30.3 Å². The zero-order valence-electron chi connectivity index (χ0n) is 8.09. The minimum Gasteiger partial charge on any atom is -0.397 e. The average Bonchev–Trinajstić information content (AvgIpc) is 2.30. The highest BCUT2D eigenvalue weighted by Gasteiger charge is 1.95. The van der Waals surface area contributed by atoms with Gasteiger partial charge >= 0.3 is 0 Å². The van der Waals surface area contributed by atoms with Crippen LogP contribution in [0.25, 0.3) is 0 Å². The monoisotopic (exact) mass is 201 g/mol. The first-order chi connectivity index (χ1) is 7.34. The van der Waals surface area contributed by atoms with Crippen molar-refractivity contribution in [1.82, 2.24) is 15.0 Å². The van der Waals surface area contributed by atoms with Gasteiger partial charge in [0.25, 0.3) is 0 Å². The molecular weight excluding hydrogens is 190 g/mol. The van der Waals surface area contributed by atoms with Gasteiger partial charge in [-0.05, 0) is 12.1 Å². The van der Waals surface area contributed by atoms with Crippen molar-refractivity contribution >= 4 is 11.5 Å². The summed E-state index contributed by atoms with van der Waals surface area (Å²) in [6.45, 7) is 0.610. The van der Waals surface area contributed by atoms with E-state index < -0.39 is 0 Å². The van der Waals surface area contributed by atoms with Gasteiger partial charge in [-0.1, -0.05) is 0 Å². The van der Waals surface area contributed by atoms with Gasteiger partial charge in [-0.25, -0.2) is 4.98 Å². The molecule has 3 N–H and O–H groups in total. The van der Waals surface area contributed by atoms with E-state index in [4.69, 9.17) is 5.73 Å². The normalized spacial score (nSPS) is 9.87. The molecular formula is C10H11N5. The summed E-state index contributed by atoms with van der Waals surface area (Å²) >= 11 is 0. The Morgan fingerprint density at radius 1 is 1.13 bits per heavy atom. The Kier molecular flexibility index (Phi) is 2.73. The van der Waals surface area contributed by atoms with Crippen molar-refractivity contribution in [2.24, 2.45) is 0 Å². The van der Waals surface area contributed by atoms with E-state index in [1.165, 1.54) is 0 Å². The number of aromatic nitrogens is 3. The molecule has 2 aromatic rings. The fourth-order valence-electron chi connectivity index (χ4n) is 1.11. The molecule has 0 spiro atoms. The number of rotatable bonds is 3. The van der Waals surface area contributed by atoms with Crippen LogP contribution in [0.3, 0.4) is 0 Å². The number of anilines is 2. The van der Waals surface area contributed by atoms with Gasteiger partial charge in [-0.15, -0.1) is 0 Å². The van der Waals surface area contributed by atoms with E-state index in [2.05, 4.69) is 20.3 Å². The number of hydrogen-bond donors (Lipinski definition) is 2. The molecule has 0 aliphatic carbocycles. The third-order valence-corrected chi connectivity index (χ3v) is 1.86.